The maximum atomic E-state index is 13.5. The van der Waals surface area contributed by atoms with Gasteiger partial charge in [-0.3, -0.25) is 14.5 Å². The molecule has 2 aliphatic heterocycles. The number of aromatic nitrogens is 1. The van der Waals surface area contributed by atoms with Crippen molar-refractivity contribution in [2.45, 2.75) is 38.3 Å². The summed E-state index contributed by atoms with van der Waals surface area (Å²) in [5, 5.41) is 7.70. The van der Waals surface area contributed by atoms with Gasteiger partial charge in [0, 0.05) is 80.6 Å². The molecule has 2 unspecified atom stereocenters. The SMILES string of the molecule is CC(=O)NCCC(=O)C(C1CCc2ccccc2N1)N1CCN(c2cccc3[nH]ccc23)CC1. The molecule has 7 nitrogen and oxygen atoms in total. The number of nitrogens with zero attached hydrogens (tertiary/aromatic N) is 2. The minimum atomic E-state index is -0.202. The molecule has 0 aliphatic carbocycles. The first-order valence-electron chi connectivity index (χ1n) is 12.3. The van der Waals surface area contributed by atoms with Gasteiger partial charge < -0.3 is 20.5 Å². The molecule has 2 aromatic carbocycles. The van der Waals surface area contributed by atoms with Gasteiger partial charge in [-0.25, -0.2) is 0 Å². The lowest BCUT2D eigenvalue weighted by Gasteiger charge is -2.44. The van der Waals surface area contributed by atoms with Crippen molar-refractivity contribution >= 4 is 34.0 Å². The summed E-state index contributed by atoms with van der Waals surface area (Å²) >= 11 is 0. The van der Waals surface area contributed by atoms with Crippen LogP contribution >= 0.6 is 0 Å². The van der Waals surface area contributed by atoms with E-state index in [4.69, 9.17) is 0 Å². The van der Waals surface area contributed by atoms with E-state index in [2.05, 4.69) is 67.9 Å². The molecule has 3 N–H and O–H groups in total. The molecular formula is C27H33N5O2. The molecule has 178 valence electrons. The van der Waals surface area contributed by atoms with E-state index in [0.717, 1.165) is 50.2 Å². The van der Waals surface area contributed by atoms with Gasteiger partial charge in [0.15, 0.2) is 5.78 Å². The summed E-state index contributed by atoms with van der Waals surface area (Å²) in [5.41, 5.74) is 4.84. The molecule has 0 saturated carbocycles. The van der Waals surface area contributed by atoms with Crippen molar-refractivity contribution in [1.82, 2.24) is 15.2 Å². The Kier molecular flexibility index (Phi) is 6.54. The van der Waals surface area contributed by atoms with Crippen LogP contribution in [0.5, 0.6) is 0 Å². The number of amides is 1. The molecule has 0 spiro atoms. The van der Waals surface area contributed by atoms with Gasteiger partial charge in [0.25, 0.3) is 0 Å². The average Bonchev–Trinajstić information content (AvgIpc) is 3.34. The number of rotatable bonds is 7. The molecule has 2 atom stereocenters. The summed E-state index contributed by atoms with van der Waals surface area (Å²) in [6.07, 6.45) is 4.24. The fourth-order valence-corrected chi connectivity index (χ4v) is 5.48. The Balaban J connectivity index is 1.32. The number of para-hydroxylation sites is 1. The van der Waals surface area contributed by atoms with Crippen LogP contribution in [0, 0.1) is 0 Å². The highest BCUT2D eigenvalue weighted by atomic mass is 16.1. The Morgan fingerprint density at radius 2 is 1.88 bits per heavy atom. The van der Waals surface area contributed by atoms with Crippen LogP contribution < -0.4 is 15.5 Å². The molecule has 0 bridgehead atoms. The normalized spacial score (nSPS) is 19.3. The van der Waals surface area contributed by atoms with Crippen LogP contribution in [0.1, 0.15) is 25.3 Å². The van der Waals surface area contributed by atoms with Crippen molar-refractivity contribution in [3.63, 3.8) is 0 Å². The Labute approximate surface area is 200 Å². The van der Waals surface area contributed by atoms with Gasteiger partial charge in [-0.05, 0) is 42.7 Å². The average molecular weight is 460 g/mol. The Morgan fingerprint density at radius 1 is 1.06 bits per heavy atom. The van der Waals surface area contributed by atoms with Crippen LogP contribution in [0.15, 0.2) is 54.7 Å². The number of anilines is 2. The van der Waals surface area contributed by atoms with Crippen LogP contribution in [0.3, 0.4) is 0 Å². The summed E-state index contributed by atoms with van der Waals surface area (Å²) in [7, 11) is 0. The first kappa shape index (κ1) is 22.5. The second-order valence-corrected chi connectivity index (χ2v) is 9.33. The summed E-state index contributed by atoms with van der Waals surface area (Å²) in [6.45, 7) is 5.30. The maximum Gasteiger partial charge on any atom is 0.216 e. The third kappa shape index (κ3) is 4.66. The number of carbonyl (C=O) groups excluding carboxylic acids is 2. The van der Waals surface area contributed by atoms with E-state index in [-0.39, 0.29) is 23.8 Å². The monoisotopic (exact) mass is 459 g/mol. The fraction of sp³-hybridized carbons (Fsp3) is 0.407. The van der Waals surface area contributed by atoms with Gasteiger partial charge in [0.2, 0.25) is 5.91 Å². The number of aryl methyl sites for hydroxylation is 1. The number of hydrogen-bond acceptors (Lipinski definition) is 5. The predicted octanol–water partition coefficient (Wildman–Crippen LogP) is 3.18. The molecule has 7 heteroatoms. The number of nitrogens with one attached hydrogen (secondary N) is 3. The lowest BCUT2D eigenvalue weighted by Crippen LogP contribution is -2.59. The van der Waals surface area contributed by atoms with Gasteiger partial charge in [0.1, 0.15) is 0 Å². The lowest BCUT2D eigenvalue weighted by molar-refractivity contribution is -0.125. The standard InChI is InChI=1S/C27H33N5O2/c1-19(33)28-14-12-26(34)27(24-10-9-20-5-2-3-6-22(20)30-24)32-17-15-31(16-18-32)25-8-4-7-23-21(25)11-13-29-23/h2-8,11,13,24,27,29-30H,9-10,12,14-18H2,1H3,(H,28,33). The van der Waals surface area contributed by atoms with E-state index in [9.17, 15) is 9.59 Å². The number of benzene rings is 2. The highest BCUT2D eigenvalue weighted by Gasteiger charge is 2.36. The van der Waals surface area contributed by atoms with Gasteiger partial charge in [-0.2, -0.15) is 0 Å². The molecule has 3 aromatic rings. The highest BCUT2D eigenvalue weighted by molar-refractivity contribution is 5.92. The first-order chi connectivity index (χ1) is 16.6. The summed E-state index contributed by atoms with van der Waals surface area (Å²) < 4.78 is 0. The van der Waals surface area contributed by atoms with E-state index in [1.807, 2.05) is 12.3 Å². The number of aromatic amines is 1. The third-order valence-corrected chi connectivity index (χ3v) is 7.16. The van der Waals surface area contributed by atoms with Crippen LogP contribution in [-0.4, -0.2) is 66.4 Å². The van der Waals surface area contributed by atoms with Gasteiger partial charge in [-0.15, -0.1) is 0 Å². The minimum Gasteiger partial charge on any atom is -0.380 e. The summed E-state index contributed by atoms with van der Waals surface area (Å²) in [4.78, 5) is 32.9. The molecule has 3 heterocycles. The van der Waals surface area contributed by atoms with Crippen molar-refractivity contribution in [3.05, 3.63) is 60.3 Å². The van der Waals surface area contributed by atoms with E-state index in [0.29, 0.717) is 13.0 Å². The Hall–Kier alpha value is -3.32. The van der Waals surface area contributed by atoms with Crippen molar-refractivity contribution in [3.8, 4) is 0 Å². The molecule has 34 heavy (non-hydrogen) atoms. The molecule has 1 saturated heterocycles. The largest absolute Gasteiger partial charge is 0.380 e. The predicted molar refractivity (Wildman–Crippen MR) is 136 cm³/mol. The molecule has 5 rings (SSSR count). The molecule has 1 aromatic heterocycles. The van der Waals surface area contributed by atoms with Crippen molar-refractivity contribution in [1.29, 1.82) is 0 Å². The highest BCUT2D eigenvalue weighted by Crippen LogP contribution is 2.30. The fourth-order valence-electron chi connectivity index (χ4n) is 5.48. The van der Waals surface area contributed by atoms with Gasteiger partial charge in [0.05, 0.1) is 6.04 Å². The number of Topliss-reactive ketones (excluding diaryl/α,β-unsaturated/α-hetero) is 1. The van der Waals surface area contributed by atoms with Gasteiger partial charge in [-0.1, -0.05) is 24.3 Å². The zero-order valence-corrected chi connectivity index (χ0v) is 19.7. The zero-order valence-electron chi connectivity index (χ0n) is 19.7. The minimum absolute atomic E-state index is 0.0689. The number of H-pyrrole nitrogens is 1. The Morgan fingerprint density at radius 3 is 2.71 bits per heavy atom. The zero-order chi connectivity index (χ0) is 23.5. The molecule has 2 aliphatic rings. The number of fused-ring (bicyclic) bond motifs is 2. The third-order valence-electron chi connectivity index (χ3n) is 7.16. The van der Waals surface area contributed by atoms with E-state index < -0.39 is 0 Å². The van der Waals surface area contributed by atoms with E-state index >= 15 is 0 Å². The number of ketones is 1. The number of piperazine rings is 1. The molecule has 1 fully saturated rings. The quantitative estimate of drug-likeness (QED) is 0.506. The first-order valence-corrected chi connectivity index (χ1v) is 12.3. The van der Waals surface area contributed by atoms with Crippen molar-refractivity contribution < 1.29 is 9.59 Å². The molecule has 1 amide bonds. The summed E-state index contributed by atoms with van der Waals surface area (Å²) in [5.74, 6) is 0.105. The number of hydrogen-bond donors (Lipinski definition) is 3. The lowest BCUT2D eigenvalue weighted by atomic mass is 9.89. The maximum absolute atomic E-state index is 13.5. The summed E-state index contributed by atoms with van der Waals surface area (Å²) in [6, 6.07) is 16.8. The Bertz CT molecular complexity index is 1160. The van der Waals surface area contributed by atoms with Crippen LogP contribution in [0.2, 0.25) is 0 Å². The second-order valence-electron chi connectivity index (χ2n) is 9.33. The van der Waals surface area contributed by atoms with Crippen molar-refractivity contribution in [2.24, 2.45) is 0 Å². The van der Waals surface area contributed by atoms with Crippen LogP contribution in [0.25, 0.3) is 10.9 Å². The van der Waals surface area contributed by atoms with Crippen LogP contribution in [-0.2, 0) is 16.0 Å². The van der Waals surface area contributed by atoms with E-state index in [1.54, 1.807) is 0 Å². The molecular weight excluding hydrogens is 426 g/mol. The molecule has 0 radical (unpaired) electrons. The topological polar surface area (TPSA) is 80.5 Å². The van der Waals surface area contributed by atoms with Gasteiger partial charge >= 0.3 is 0 Å². The van der Waals surface area contributed by atoms with Crippen molar-refractivity contribution in [2.75, 3.05) is 42.9 Å². The second kappa shape index (κ2) is 9.89. The van der Waals surface area contributed by atoms with E-state index in [1.165, 1.54) is 23.6 Å². The smallest absolute Gasteiger partial charge is 0.216 e. The number of carbonyl (C=O) groups is 2. The van der Waals surface area contributed by atoms with Crippen LogP contribution in [0.4, 0.5) is 11.4 Å².